The van der Waals surface area contributed by atoms with Gasteiger partial charge < -0.3 is 19.3 Å². The summed E-state index contributed by atoms with van der Waals surface area (Å²) in [6.45, 7) is 13.2. The third-order valence-corrected chi connectivity index (χ3v) is 7.66. The Bertz CT molecular complexity index is 1240. The Balaban J connectivity index is 1.84. The molecule has 3 heterocycles. The van der Waals surface area contributed by atoms with Crippen LogP contribution in [0.4, 0.5) is 21.2 Å². The summed E-state index contributed by atoms with van der Waals surface area (Å²) >= 11 is 1.16. The van der Waals surface area contributed by atoms with Crippen molar-refractivity contribution in [3.8, 4) is 0 Å². The molecule has 2 amide bonds. The third-order valence-electron chi connectivity index (χ3n) is 5.45. The Morgan fingerprint density at radius 2 is 1.76 bits per heavy atom. The lowest BCUT2D eigenvalue weighted by molar-refractivity contribution is 0.0292. The number of amides is 2. The van der Waals surface area contributed by atoms with Gasteiger partial charge in [0.05, 0.1) is 5.51 Å². The average Bonchev–Trinajstić information content (AvgIpc) is 3.43. The highest BCUT2D eigenvalue weighted by molar-refractivity contribution is 7.93. The van der Waals surface area contributed by atoms with Crippen LogP contribution < -0.4 is 9.21 Å². The maximum atomic E-state index is 13.6. The molecule has 1 saturated heterocycles. The molecule has 13 heteroatoms. The first-order valence-electron chi connectivity index (χ1n) is 11.8. The van der Waals surface area contributed by atoms with Gasteiger partial charge >= 0.3 is 12.2 Å². The van der Waals surface area contributed by atoms with E-state index in [0.717, 1.165) is 11.3 Å². The van der Waals surface area contributed by atoms with Crippen LogP contribution in [0.5, 0.6) is 0 Å². The highest BCUT2D eigenvalue weighted by Gasteiger charge is 2.37. The Morgan fingerprint density at radius 3 is 2.30 bits per heavy atom. The number of likely N-dealkylation sites (tertiary alicyclic amines) is 1. The minimum Gasteiger partial charge on any atom is -0.444 e. The fraction of sp³-hybridized carbons (Fsp3) is 0.583. The van der Waals surface area contributed by atoms with Crippen LogP contribution in [0, 0.1) is 6.92 Å². The number of ether oxygens (including phenoxy) is 2. The van der Waals surface area contributed by atoms with Crippen LogP contribution in [-0.2, 0) is 19.5 Å². The fourth-order valence-electron chi connectivity index (χ4n) is 3.81. The number of carbonyl (C=O) groups excluding carboxylic acids is 2. The molecule has 0 aliphatic carbocycles. The van der Waals surface area contributed by atoms with E-state index >= 15 is 0 Å². The van der Waals surface area contributed by atoms with Crippen molar-refractivity contribution < 1.29 is 27.5 Å². The van der Waals surface area contributed by atoms with E-state index in [9.17, 15) is 18.0 Å². The molecule has 1 aliphatic heterocycles. The van der Waals surface area contributed by atoms with Crippen molar-refractivity contribution in [2.45, 2.75) is 77.0 Å². The largest absolute Gasteiger partial charge is 0.444 e. The van der Waals surface area contributed by atoms with Crippen molar-refractivity contribution in [3.63, 3.8) is 0 Å². The van der Waals surface area contributed by atoms with Gasteiger partial charge in [0, 0.05) is 37.8 Å². The van der Waals surface area contributed by atoms with Crippen molar-refractivity contribution in [1.29, 1.82) is 0 Å². The molecule has 37 heavy (non-hydrogen) atoms. The quantitative estimate of drug-likeness (QED) is 0.529. The van der Waals surface area contributed by atoms with Crippen LogP contribution in [-0.4, -0.2) is 72.9 Å². The number of hydrogen-bond donors (Lipinski definition) is 0. The minimum atomic E-state index is -4.36. The highest BCUT2D eigenvalue weighted by Crippen LogP contribution is 2.29. The maximum absolute atomic E-state index is 13.6. The molecule has 1 fully saturated rings. The second-order valence-corrected chi connectivity index (χ2v) is 13.4. The zero-order valence-corrected chi connectivity index (χ0v) is 24.1. The molecule has 0 spiro atoms. The van der Waals surface area contributed by atoms with Crippen molar-refractivity contribution in [2.24, 2.45) is 0 Å². The predicted octanol–water partition coefficient (Wildman–Crippen LogP) is 4.42. The monoisotopic (exact) mass is 553 g/mol. The maximum Gasteiger partial charge on any atom is 0.430 e. The van der Waals surface area contributed by atoms with Crippen LogP contribution >= 0.6 is 11.3 Å². The molecule has 2 aromatic rings. The number of pyridine rings is 1. The van der Waals surface area contributed by atoms with Crippen LogP contribution in [0.25, 0.3) is 0 Å². The number of nitrogens with zero attached hydrogens (tertiary/aromatic N) is 5. The van der Waals surface area contributed by atoms with Crippen LogP contribution in [0.15, 0.2) is 28.0 Å². The Morgan fingerprint density at radius 1 is 1.11 bits per heavy atom. The summed E-state index contributed by atoms with van der Waals surface area (Å²) in [6.07, 6.45) is 0.523. The normalized spacial score (nSPS) is 16.4. The Hall–Kier alpha value is -2.93. The standard InChI is InChI=1S/C24H35N5O6S2/c1-16-11-18(37(32,33)29(19-14-36-15-26-19)22(31)35-24(5,6)7)12-25-20(16)27(8)17-9-10-28(13-17)21(30)34-23(2,3)4/h11-12,14-15,17H,9-10,13H2,1-8H3. The number of anilines is 2. The van der Waals surface area contributed by atoms with E-state index in [1.165, 1.54) is 23.2 Å². The SMILES string of the molecule is Cc1cc(S(=O)(=O)N(C(=O)OC(C)(C)C)c2cscn2)cnc1N(C)C1CCN(C(=O)OC(C)(C)C)C1. The molecule has 204 valence electrons. The third kappa shape index (κ3) is 6.89. The number of aromatic nitrogens is 2. The first kappa shape index (κ1) is 28.6. The van der Waals surface area contributed by atoms with Gasteiger partial charge in [-0.1, -0.05) is 0 Å². The van der Waals surface area contributed by atoms with E-state index in [1.807, 2.05) is 32.7 Å². The number of likely N-dealkylation sites (N-methyl/N-ethyl adjacent to an activating group) is 1. The van der Waals surface area contributed by atoms with Gasteiger partial charge in [0.15, 0.2) is 5.82 Å². The van der Waals surface area contributed by atoms with Gasteiger partial charge in [-0.2, -0.15) is 0 Å². The summed E-state index contributed by atoms with van der Waals surface area (Å²) in [5.74, 6) is 0.527. The summed E-state index contributed by atoms with van der Waals surface area (Å²) < 4.78 is 38.5. The molecular weight excluding hydrogens is 518 g/mol. The minimum absolute atomic E-state index is 0.0190. The highest BCUT2D eigenvalue weighted by atomic mass is 32.2. The molecule has 0 N–H and O–H groups in total. The number of sulfonamides is 1. The zero-order valence-electron chi connectivity index (χ0n) is 22.5. The summed E-state index contributed by atoms with van der Waals surface area (Å²) in [5, 5.41) is 1.46. The number of aryl methyl sites for hydroxylation is 1. The van der Waals surface area contributed by atoms with Gasteiger partial charge in [0.25, 0.3) is 10.0 Å². The number of carbonyl (C=O) groups is 2. The smallest absolute Gasteiger partial charge is 0.430 e. The van der Waals surface area contributed by atoms with E-state index in [1.54, 1.807) is 32.6 Å². The second kappa shape index (κ2) is 10.4. The van der Waals surface area contributed by atoms with E-state index in [2.05, 4.69) is 9.97 Å². The van der Waals surface area contributed by atoms with Crippen molar-refractivity contribution in [3.05, 3.63) is 28.7 Å². The van der Waals surface area contributed by atoms with Gasteiger partial charge in [-0.05, 0) is 66.5 Å². The van der Waals surface area contributed by atoms with Crippen LogP contribution in [0.2, 0.25) is 0 Å². The summed E-state index contributed by atoms with van der Waals surface area (Å²) in [4.78, 5) is 37.2. The average molecular weight is 554 g/mol. The summed E-state index contributed by atoms with van der Waals surface area (Å²) in [5.41, 5.74) is 0.551. The molecule has 1 aliphatic rings. The topological polar surface area (TPSA) is 122 Å². The van der Waals surface area contributed by atoms with Crippen molar-refractivity contribution >= 4 is 45.2 Å². The van der Waals surface area contributed by atoms with E-state index in [0.29, 0.717) is 35.2 Å². The lowest BCUT2D eigenvalue weighted by Gasteiger charge is -2.29. The predicted molar refractivity (Wildman–Crippen MR) is 142 cm³/mol. The molecule has 0 saturated carbocycles. The molecule has 3 rings (SSSR count). The molecule has 0 aromatic carbocycles. The van der Waals surface area contributed by atoms with E-state index in [-0.39, 0.29) is 22.8 Å². The van der Waals surface area contributed by atoms with E-state index in [4.69, 9.17) is 9.47 Å². The first-order valence-corrected chi connectivity index (χ1v) is 14.2. The molecule has 11 nitrogen and oxygen atoms in total. The molecule has 1 atom stereocenters. The Labute approximate surface area is 222 Å². The number of thiazole rings is 1. The lowest BCUT2D eigenvalue weighted by atomic mass is 10.2. The summed E-state index contributed by atoms with van der Waals surface area (Å²) in [7, 11) is -2.51. The first-order chi connectivity index (χ1) is 17.0. The number of rotatable bonds is 5. The Kier molecular flexibility index (Phi) is 8.08. The van der Waals surface area contributed by atoms with Crippen LogP contribution in [0.1, 0.15) is 53.5 Å². The lowest BCUT2D eigenvalue weighted by Crippen LogP contribution is -2.41. The molecule has 0 bridgehead atoms. The number of hydrogen-bond acceptors (Lipinski definition) is 10. The van der Waals surface area contributed by atoms with Gasteiger partial charge in [-0.3, -0.25) is 0 Å². The second-order valence-electron chi connectivity index (χ2n) is 10.9. The van der Waals surface area contributed by atoms with Gasteiger partial charge in [-0.25, -0.2) is 28.0 Å². The van der Waals surface area contributed by atoms with E-state index < -0.39 is 27.3 Å². The molecular formula is C24H35N5O6S2. The zero-order chi connectivity index (χ0) is 27.8. The fourth-order valence-corrected chi connectivity index (χ4v) is 5.69. The van der Waals surface area contributed by atoms with Crippen molar-refractivity contribution in [1.82, 2.24) is 14.9 Å². The van der Waals surface area contributed by atoms with Crippen LogP contribution in [0.3, 0.4) is 0 Å². The van der Waals surface area contributed by atoms with Gasteiger partial charge in [0.1, 0.15) is 21.9 Å². The molecule has 1 unspecified atom stereocenters. The molecule has 2 aromatic heterocycles. The molecule has 0 radical (unpaired) electrons. The van der Waals surface area contributed by atoms with Gasteiger partial charge in [0.2, 0.25) is 0 Å². The summed E-state index contributed by atoms with van der Waals surface area (Å²) in [6, 6.07) is 1.45. The van der Waals surface area contributed by atoms with Crippen molar-refractivity contribution in [2.75, 3.05) is 29.3 Å². The van der Waals surface area contributed by atoms with Gasteiger partial charge in [-0.15, -0.1) is 15.6 Å².